The minimum Gasteiger partial charge on any atom is -0.456 e. The van der Waals surface area contributed by atoms with Crippen LogP contribution in [-0.2, 0) is 0 Å². The highest BCUT2D eigenvalue weighted by atomic mass is 28.3. The fourth-order valence-corrected chi connectivity index (χ4v) is 14.8. The van der Waals surface area contributed by atoms with Crippen LogP contribution in [0.15, 0.2) is 216 Å². The summed E-state index contributed by atoms with van der Waals surface area (Å²) in [5.41, 5.74) is 9.11. The van der Waals surface area contributed by atoms with Crippen LogP contribution in [0, 0.1) is 22.7 Å². The Bertz CT molecular complexity index is 3720. The van der Waals surface area contributed by atoms with Gasteiger partial charge >= 0.3 is 0 Å². The molecule has 63 heavy (non-hydrogen) atoms. The van der Waals surface area contributed by atoms with Gasteiger partial charge in [0.25, 0.3) is 0 Å². The lowest BCUT2D eigenvalue weighted by Gasteiger charge is -2.35. The van der Waals surface area contributed by atoms with Gasteiger partial charge in [-0.05, 0) is 107 Å². The predicted molar refractivity (Wildman–Crippen MR) is 262 cm³/mol. The van der Waals surface area contributed by atoms with Crippen LogP contribution in [0.5, 0.6) is 0 Å². The van der Waals surface area contributed by atoms with Crippen LogP contribution in [0.3, 0.4) is 0 Å². The number of para-hydroxylation sites is 2. The Balaban J connectivity index is 1.16. The molecule has 0 fully saturated rings. The second-order valence-electron chi connectivity index (χ2n) is 15.9. The Morgan fingerprint density at radius 1 is 0.508 bits per heavy atom. The molecule has 5 nitrogen and oxygen atoms in total. The molecule has 0 radical (unpaired) electrons. The molecule has 1 atom stereocenters. The molecule has 3 heterocycles. The molecule has 0 N–H and O–H groups in total. The van der Waals surface area contributed by atoms with Crippen molar-refractivity contribution < 1.29 is 4.42 Å². The number of nitrogens with zero attached hydrogens (tertiary/aromatic N) is 4. The fourth-order valence-electron chi connectivity index (χ4n) is 9.95. The van der Waals surface area contributed by atoms with E-state index in [-0.39, 0.29) is 0 Å². The number of rotatable bonds is 8. The number of furan rings is 1. The van der Waals surface area contributed by atoms with Crippen LogP contribution in [-0.4, -0.2) is 17.2 Å². The van der Waals surface area contributed by atoms with E-state index in [9.17, 15) is 10.5 Å². The smallest absolute Gasteiger partial charge is 0.179 e. The number of hydrogen-bond acceptors (Lipinski definition) is 3. The predicted octanol–water partition coefficient (Wildman–Crippen LogP) is 12.2. The number of nitriles is 2. The third kappa shape index (κ3) is 5.74. The zero-order valence-corrected chi connectivity index (χ0v) is 35.5. The lowest BCUT2D eigenvalue weighted by Crippen LogP contribution is -2.68. The van der Waals surface area contributed by atoms with E-state index in [0.717, 1.165) is 66.2 Å². The summed E-state index contributed by atoms with van der Waals surface area (Å²) in [6, 6.07) is 66.6. The van der Waals surface area contributed by atoms with Crippen molar-refractivity contribution >= 4 is 89.2 Å². The summed E-state index contributed by atoms with van der Waals surface area (Å²) in [4.78, 5) is 0. The Hall–Kier alpha value is -8.42. The molecule has 0 spiro atoms. The summed E-state index contributed by atoms with van der Waals surface area (Å²) < 4.78 is 11.1. The number of benzene rings is 8. The van der Waals surface area contributed by atoms with Gasteiger partial charge in [-0.1, -0.05) is 122 Å². The molecule has 0 bridgehead atoms. The van der Waals surface area contributed by atoms with Gasteiger partial charge in [0.05, 0.1) is 45.3 Å². The maximum absolute atomic E-state index is 9.88. The van der Waals surface area contributed by atoms with Crippen LogP contribution >= 0.6 is 0 Å². The molecule has 11 rings (SSSR count). The van der Waals surface area contributed by atoms with Gasteiger partial charge in [-0.2, -0.15) is 10.5 Å². The highest BCUT2D eigenvalue weighted by Crippen LogP contribution is 2.39. The monoisotopic (exact) mass is 822 g/mol. The van der Waals surface area contributed by atoms with E-state index in [2.05, 4.69) is 180 Å². The molecular formula is C57H38N4OSi. The summed E-state index contributed by atoms with van der Waals surface area (Å²) in [6.07, 6.45) is 8.46. The van der Waals surface area contributed by atoms with Crippen LogP contribution in [0.2, 0.25) is 0 Å². The molecule has 0 amide bonds. The molecule has 0 aliphatic heterocycles. The van der Waals surface area contributed by atoms with E-state index in [0.29, 0.717) is 11.1 Å². The summed E-state index contributed by atoms with van der Waals surface area (Å²) in [5.74, 6) is 0. The van der Waals surface area contributed by atoms with E-state index in [4.69, 9.17) is 4.42 Å². The van der Waals surface area contributed by atoms with Crippen molar-refractivity contribution in [3.63, 3.8) is 0 Å². The zero-order chi connectivity index (χ0) is 42.7. The molecule has 11 aromatic rings. The van der Waals surface area contributed by atoms with Crippen molar-refractivity contribution in [2.24, 2.45) is 0 Å². The minimum absolute atomic E-state index is 0.575. The third-order valence-corrected chi connectivity index (χ3v) is 17.3. The first-order valence-corrected chi connectivity index (χ1v) is 23.0. The van der Waals surface area contributed by atoms with Crippen LogP contribution < -0.4 is 15.6 Å². The summed E-state index contributed by atoms with van der Waals surface area (Å²) in [7, 11) is -3.09. The highest BCUT2D eigenvalue weighted by molar-refractivity contribution is 7.16. The Kier molecular flexibility index (Phi) is 8.91. The van der Waals surface area contributed by atoms with E-state index in [1.807, 2.05) is 54.6 Å². The SMILES string of the molecule is C=C/C=C(\C=C/C)[Si](c1ccccc1)(c1ccc(-n2c3ccccc3c3cc4c(cc32)oc2ccccc24)cc1)c1cccc(-n2c3ccc(C#N)cc3c3cc(C#N)ccc32)c1. The van der Waals surface area contributed by atoms with Gasteiger partial charge in [-0.25, -0.2) is 0 Å². The second kappa shape index (κ2) is 14.9. The molecule has 8 aromatic carbocycles. The fraction of sp³-hybridized carbons (Fsp3) is 0.0175. The Morgan fingerprint density at radius 2 is 1.11 bits per heavy atom. The van der Waals surface area contributed by atoms with Crippen molar-refractivity contribution in [1.29, 1.82) is 10.5 Å². The van der Waals surface area contributed by atoms with Crippen LogP contribution in [0.4, 0.5) is 0 Å². The minimum atomic E-state index is -3.09. The van der Waals surface area contributed by atoms with Gasteiger partial charge in [-0.3, -0.25) is 0 Å². The topological polar surface area (TPSA) is 70.6 Å². The largest absolute Gasteiger partial charge is 0.456 e. The van der Waals surface area contributed by atoms with Gasteiger partial charge in [0, 0.05) is 49.8 Å². The number of hydrogen-bond donors (Lipinski definition) is 0. The Labute approximate surface area is 365 Å². The van der Waals surface area contributed by atoms with Gasteiger partial charge in [0.15, 0.2) is 8.07 Å². The Morgan fingerprint density at radius 3 is 1.81 bits per heavy atom. The maximum atomic E-state index is 9.88. The first-order valence-electron chi connectivity index (χ1n) is 21.0. The molecule has 0 saturated heterocycles. The van der Waals surface area contributed by atoms with Crippen LogP contribution in [0.1, 0.15) is 18.1 Å². The van der Waals surface area contributed by atoms with E-state index in [1.54, 1.807) is 0 Å². The average molecular weight is 823 g/mol. The molecule has 6 heteroatoms. The van der Waals surface area contributed by atoms with E-state index in [1.165, 1.54) is 31.5 Å². The van der Waals surface area contributed by atoms with Crippen molar-refractivity contribution in [3.05, 3.63) is 223 Å². The molecule has 0 aliphatic carbocycles. The lowest BCUT2D eigenvalue weighted by molar-refractivity contribution is 0.669. The van der Waals surface area contributed by atoms with Crippen molar-refractivity contribution in [1.82, 2.24) is 9.13 Å². The van der Waals surface area contributed by atoms with E-state index < -0.39 is 8.07 Å². The first-order chi connectivity index (χ1) is 31.0. The number of allylic oxidation sites excluding steroid dienone is 5. The maximum Gasteiger partial charge on any atom is 0.179 e. The van der Waals surface area contributed by atoms with Gasteiger partial charge in [-0.15, -0.1) is 0 Å². The summed E-state index contributed by atoms with van der Waals surface area (Å²) >= 11 is 0. The first kappa shape index (κ1) is 37.6. The van der Waals surface area contributed by atoms with Crippen molar-refractivity contribution in [3.8, 4) is 23.5 Å². The molecule has 1 unspecified atom stereocenters. The lowest BCUT2D eigenvalue weighted by atomic mass is 10.1. The third-order valence-electron chi connectivity index (χ3n) is 12.6. The standard InChI is InChI=1S/C57H38N4OSi/c1-3-13-42(14-4-2)63(43-16-6-5-7-17-43,45-18-12-15-41(33-45)61-53-29-23-38(36-58)31-48(53)49-32-39(37-59)24-30-54(49)61)44-27-25-40(26-28-44)60-52-21-10-8-19-46(52)50-34-51-47-20-9-11-22-56(47)62-57(51)35-55(50)60/h3-35H,1H2,2H3/b14-4-,42-13+. The normalized spacial score (nSPS) is 13.0. The molecule has 296 valence electrons. The molecule has 0 saturated carbocycles. The number of fused-ring (bicyclic) bond motifs is 9. The van der Waals surface area contributed by atoms with Gasteiger partial charge in [0.1, 0.15) is 11.2 Å². The summed E-state index contributed by atoms with van der Waals surface area (Å²) in [5, 5.41) is 31.1. The van der Waals surface area contributed by atoms with Gasteiger partial charge < -0.3 is 13.6 Å². The van der Waals surface area contributed by atoms with Crippen molar-refractivity contribution in [2.45, 2.75) is 6.92 Å². The van der Waals surface area contributed by atoms with Crippen LogP contribution in [0.25, 0.3) is 76.9 Å². The van der Waals surface area contributed by atoms with Crippen molar-refractivity contribution in [2.75, 3.05) is 0 Å². The summed E-state index contributed by atoms with van der Waals surface area (Å²) in [6.45, 7) is 6.30. The molecule has 3 aromatic heterocycles. The zero-order valence-electron chi connectivity index (χ0n) is 34.5. The molecule has 0 aliphatic rings. The number of aromatic nitrogens is 2. The average Bonchev–Trinajstić information content (AvgIpc) is 3.98. The van der Waals surface area contributed by atoms with E-state index >= 15 is 0 Å². The molecular weight excluding hydrogens is 785 g/mol. The quantitative estimate of drug-likeness (QED) is 0.0870. The highest BCUT2D eigenvalue weighted by Gasteiger charge is 2.42. The second-order valence-corrected chi connectivity index (χ2v) is 19.7. The van der Waals surface area contributed by atoms with Gasteiger partial charge in [0.2, 0.25) is 0 Å².